The first-order chi connectivity index (χ1) is 11.5. The summed E-state index contributed by atoms with van der Waals surface area (Å²) in [5, 5.41) is 0.874. The average Bonchev–Trinajstić information content (AvgIpc) is 2.54. The van der Waals surface area contributed by atoms with Crippen LogP contribution < -0.4 is 17.0 Å². The normalized spacial score (nSPS) is 9.73. The summed E-state index contributed by atoms with van der Waals surface area (Å²) in [5.41, 5.74) is 11.3. The van der Waals surface area contributed by atoms with E-state index in [1.54, 1.807) is 36.4 Å². The van der Waals surface area contributed by atoms with Crippen LogP contribution in [0.3, 0.4) is 0 Å². The zero-order chi connectivity index (χ0) is 17.3. The van der Waals surface area contributed by atoms with Crippen molar-refractivity contribution in [3.8, 4) is 5.82 Å². The number of hydrogen-bond acceptors (Lipinski definition) is 3. The molecule has 0 aliphatic heterocycles. The van der Waals surface area contributed by atoms with E-state index in [2.05, 4.69) is 9.98 Å². The molecule has 0 bridgehead atoms. The Balaban J connectivity index is 0.00000169. The quantitative estimate of drug-likeness (QED) is 0.509. The van der Waals surface area contributed by atoms with Gasteiger partial charge in [-0.2, -0.15) is 4.99 Å². The van der Waals surface area contributed by atoms with Crippen LogP contribution in [0.4, 0.5) is 0 Å². The number of guanidine groups is 1. The molecule has 4 N–H and O–H groups in total. The molecule has 3 rings (SSSR count). The Bertz CT molecular complexity index is 1040. The second-order valence-corrected chi connectivity index (χ2v) is 5.24. The fourth-order valence-electron chi connectivity index (χ4n) is 2.47. The van der Waals surface area contributed by atoms with Crippen molar-refractivity contribution in [2.75, 3.05) is 0 Å². The van der Waals surface area contributed by atoms with Crippen LogP contribution >= 0.6 is 24.8 Å². The molecule has 2 heterocycles. The number of benzene rings is 1. The van der Waals surface area contributed by atoms with Crippen molar-refractivity contribution >= 4 is 47.5 Å². The van der Waals surface area contributed by atoms with Gasteiger partial charge in [-0.15, -0.1) is 24.8 Å². The lowest BCUT2D eigenvalue weighted by Gasteiger charge is -2.10. The van der Waals surface area contributed by atoms with Gasteiger partial charge in [0.1, 0.15) is 5.82 Å². The Morgan fingerprint density at radius 2 is 1.69 bits per heavy atom. The second kappa shape index (κ2) is 8.46. The molecule has 0 saturated carbocycles. The van der Waals surface area contributed by atoms with Crippen LogP contribution in [0.1, 0.15) is 16.1 Å². The fourth-order valence-corrected chi connectivity index (χ4v) is 2.47. The number of aliphatic imine (C=N–C) groups is 1. The van der Waals surface area contributed by atoms with Crippen LogP contribution in [0.2, 0.25) is 0 Å². The highest BCUT2D eigenvalue weighted by Crippen LogP contribution is 2.18. The molecule has 2 aromatic heterocycles. The van der Waals surface area contributed by atoms with Crippen molar-refractivity contribution in [1.29, 1.82) is 0 Å². The first-order valence-electron chi connectivity index (χ1n) is 7.20. The van der Waals surface area contributed by atoms with Gasteiger partial charge >= 0.3 is 0 Å². The number of rotatable bonds is 2. The zero-order valence-electron chi connectivity index (χ0n) is 13.7. The molecule has 0 aliphatic carbocycles. The third-order valence-corrected chi connectivity index (χ3v) is 3.51. The van der Waals surface area contributed by atoms with Gasteiger partial charge < -0.3 is 11.5 Å². The van der Waals surface area contributed by atoms with Gasteiger partial charge in [-0.1, -0.05) is 24.3 Å². The second-order valence-electron chi connectivity index (χ2n) is 5.24. The average molecular weight is 394 g/mol. The van der Waals surface area contributed by atoms with Crippen LogP contribution in [-0.2, 0) is 0 Å². The lowest BCUT2D eigenvalue weighted by molar-refractivity contribution is 0.100. The van der Waals surface area contributed by atoms with Crippen LogP contribution in [0, 0.1) is 6.92 Å². The van der Waals surface area contributed by atoms with Crippen molar-refractivity contribution in [3.63, 3.8) is 0 Å². The van der Waals surface area contributed by atoms with Gasteiger partial charge in [0.25, 0.3) is 11.5 Å². The van der Waals surface area contributed by atoms with Gasteiger partial charge in [0.2, 0.25) is 0 Å². The van der Waals surface area contributed by atoms with Crippen LogP contribution in [0.15, 0.2) is 58.4 Å². The summed E-state index contributed by atoms with van der Waals surface area (Å²) in [4.78, 5) is 33.0. The topological polar surface area (TPSA) is 116 Å². The summed E-state index contributed by atoms with van der Waals surface area (Å²) in [7, 11) is 0. The number of nitrogens with zero attached hydrogens (tertiary/aromatic N) is 3. The summed E-state index contributed by atoms with van der Waals surface area (Å²) < 4.78 is 1.32. The van der Waals surface area contributed by atoms with Gasteiger partial charge in [-0.3, -0.25) is 14.2 Å². The number of fused-ring (bicyclic) bond motifs is 1. The third-order valence-electron chi connectivity index (χ3n) is 3.51. The molecule has 0 atom stereocenters. The van der Waals surface area contributed by atoms with Crippen molar-refractivity contribution in [3.05, 3.63) is 70.3 Å². The lowest BCUT2D eigenvalue weighted by atomic mass is 10.1. The largest absolute Gasteiger partial charge is 0.370 e. The number of nitrogens with two attached hydrogens (primary N) is 2. The maximum absolute atomic E-state index is 12.8. The van der Waals surface area contributed by atoms with Gasteiger partial charge in [0.05, 0.1) is 5.56 Å². The van der Waals surface area contributed by atoms with E-state index in [0.717, 1.165) is 5.69 Å². The van der Waals surface area contributed by atoms with E-state index in [9.17, 15) is 9.59 Å². The smallest absolute Gasteiger partial charge is 0.282 e. The highest BCUT2D eigenvalue weighted by atomic mass is 35.5. The minimum atomic E-state index is -0.618. The molecule has 0 unspecified atom stereocenters. The Morgan fingerprint density at radius 3 is 2.31 bits per heavy atom. The van der Waals surface area contributed by atoms with E-state index in [4.69, 9.17) is 11.5 Å². The molecular weight excluding hydrogens is 377 g/mol. The van der Waals surface area contributed by atoms with Gasteiger partial charge in [-0.05, 0) is 25.1 Å². The predicted octanol–water partition coefficient (Wildman–Crippen LogP) is 1.95. The number of carbonyl (C=O) groups is 1. The number of hydrogen-bond donors (Lipinski definition) is 2. The summed E-state index contributed by atoms with van der Waals surface area (Å²) in [6.45, 7) is 1.82. The van der Waals surface area contributed by atoms with Crippen LogP contribution in [-0.4, -0.2) is 21.4 Å². The van der Waals surface area contributed by atoms with Crippen LogP contribution in [0.25, 0.3) is 16.6 Å². The molecule has 7 nitrogen and oxygen atoms in total. The van der Waals surface area contributed by atoms with Gasteiger partial charge in [0, 0.05) is 22.7 Å². The molecule has 0 spiro atoms. The number of aromatic nitrogens is 2. The molecule has 136 valence electrons. The van der Waals surface area contributed by atoms with E-state index in [-0.39, 0.29) is 41.9 Å². The summed E-state index contributed by atoms with van der Waals surface area (Å²) >= 11 is 0. The monoisotopic (exact) mass is 393 g/mol. The Labute approximate surface area is 161 Å². The zero-order valence-corrected chi connectivity index (χ0v) is 15.4. The molecule has 0 aliphatic rings. The first-order valence-corrected chi connectivity index (χ1v) is 7.20. The maximum atomic E-state index is 12.8. The number of aryl methyl sites for hydroxylation is 1. The van der Waals surface area contributed by atoms with E-state index in [1.807, 2.05) is 13.0 Å². The minimum absolute atomic E-state index is 0. The van der Waals surface area contributed by atoms with Crippen molar-refractivity contribution < 1.29 is 4.79 Å². The molecule has 1 amide bonds. The fraction of sp³-hybridized carbons (Fsp3) is 0.0588. The molecule has 0 fully saturated rings. The number of amides is 1. The van der Waals surface area contributed by atoms with Crippen molar-refractivity contribution in [2.45, 2.75) is 6.92 Å². The molecular formula is C17H17Cl2N5O2. The van der Waals surface area contributed by atoms with Crippen molar-refractivity contribution in [2.24, 2.45) is 16.5 Å². The van der Waals surface area contributed by atoms with Crippen molar-refractivity contribution in [1.82, 2.24) is 9.55 Å². The third kappa shape index (κ3) is 4.01. The Hall–Kier alpha value is -2.90. The Kier molecular flexibility index (Phi) is 6.88. The molecule has 3 aromatic rings. The molecule has 1 aromatic carbocycles. The van der Waals surface area contributed by atoms with Gasteiger partial charge in [0.15, 0.2) is 5.96 Å². The molecule has 0 radical (unpaired) electrons. The first kappa shape index (κ1) is 21.1. The van der Waals surface area contributed by atoms with Crippen LogP contribution in [0.5, 0.6) is 0 Å². The predicted molar refractivity (Wildman–Crippen MR) is 107 cm³/mol. The molecule has 26 heavy (non-hydrogen) atoms. The summed E-state index contributed by atoms with van der Waals surface area (Å²) in [6.07, 6.45) is 1.42. The van der Waals surface area contributed by atoms with E-state index in [1.165, 1.54) is 10.8 Å². The maximum Gasteiger partial charge on any atom is 0.282 e. The summed E-state index contributed by atoms with van der Waals surface area (Å²) in [5.74, 6) is -0.535. The lowest BCUT2D eigenvalue weighted by Crippen LogP contribution is -2.25. The van der Waals surface area contributed by atoms with E-state index in [0.29, 0.717) is 16.6 Å². The van der Waals surface area contributed by atoms with Gasteiger partial charge in [-0.25, -0.2) is 4.98 Å². The minimum Gasteiger partial charge on any atom is -0.370 e. The van der Waals surface area contributed by atoms with E-state index < -0.39 is 5.91 Å². The standard InChI is InChI=1S/C17H15N5O2.2ClH/c1-10-5-4-8-14(20-10)22-9-13(15(23)21-17(18)19)11-6-2-3-7-12(11)16(22)24;;/h2-9H,1H3,(H4,18,19,21,23);2*1H. The Morgan fingerprint density at radius 1 is 1.04 bits per heavy atom. The summed E-state index contributed by atoms with van der Waals surface area (Å²) in [6, 6.07) is 12.1. The number of carbonyl (C=O) groups excluding carboxylic acids is 1. The van der Waals surface area contributed by atoms with E-state index >= 15 is 0 Å². The SMILES string of the molecule is Cc1cccc(-n2cc(C(=O)N=C(N)N)c3ccccc3c2=O)n1.Cl.Cl. The molecule has 9 heteroatoms. The highest BCUT2D eigenvalue weighted by Gasteiger charge is 2.15. The number of halogens is 2. The number of pyridine rings is 2. The molecule has 0 saturated heterocycles. The highest BCUT2D eigenvalue weighted by molar-refractivity contribution is 6.10.